The number of aromatic nitrogens is 1. The molecule has 1 N–H and O–H groups in total. The van der Waals surface area contributed by atoms with Gasteiger partial charge in [0, 0.05) is 42.8 Å². The zero-order valence-corrected chi connectivity index (χ0v) is 13.4. The van der Waals surface area contributed by atoms with Crippen LogP contribution in [-0.4, -0.2) is 24.6 Å². The van der Waals surface area contributed by atoms with Crippen LogP contribution in [0.15, 0.2) is 12.3 Å². The quantitative estimate of drug-likeness (QED) is 0.862. The Balaban J connectivity index is 2.08. The van der Waals surface area contributed by atoms with Gasteiger partial charge in [0.2, 0.25) is 0 Å². The van der Waals surface area contributed by atoms with Crippen LogP contribution in [0.3, 0.4) is 0 Å². The molecule has 0 amide bonds. The molecule has 112 valence electrons. The third kappa shape index (κ3) is 3.95. The zero-order chi connectivity index (χ0) is 14.5. The van der Waals surface area contributed by atoms with Crippen LogP contribution < -0.4 is 10.2 Å². The molecule has 2 heterocycles. The monoisotopic (exact) mass is 275 g/mol. The highest BCUT2D eigenvalue weighted by Gasteiger charge is 2.23. The predicted molar refractivity (Wildman–Crippen MR) is 86.1 cm³/mol. The highest BCUT2D eigenvalue weighted by molar-refractivity contribution is 5.54. The summed E-state index contributed by atoms with van der Waals surface area (Å²) >= 11 is 0. The van der Waals surface area contributed by atoms with Gasteiger partial charge in [-0.25, -0.2) is 0 Å². The number of hydrogen-bond acceptors (Lipinski definition) is 3. The molecule has 3 heteroatoms. The van der Waals surface area contributed by atoms with Gasteiger partial charge in [-0.2, -0.15) is 0 Å². The molecule has 1 unspecified atom stereocenters. The smallest absolute Gasteiger partial charge is 0.0445 e. The Bertz CT molecular complexity index is 428. The van der Waals surface area contributed by atoms with Crippen molar-refractivity contribution in [2.75, 3.05) is 24.5 Å². The fourth-order valence-electron chi connectivity index (χ4n) is 2.88. The van der Waals surface area contributed by atoms with Crippen LogP contribution in [0.25, 0.3) is 0 Å². The average molecular weight is 275 g/mol. The molecular weight excluding hydrogens is 246 g/mol. The Kier molecular flexibility index (Phi) is 5.41. The summed E-state index contributed by atoms with van der Waals surface area (Å²) in [4.78, 5) is 7.03. The Labute approximate surface area is 123 Å². The summed E-state index contributed by atoms with van der Waals surface area (Å²) in [5.41, 5.74) is 3.85. The van der Waals surface area contributed by atoms with E-state index in [9.17, 15) is 0 Å². The van der Waals surface area contributed by atoms with Gasteiger partial charge >= 0.3 is 0 Å². The molecule has 0 radical (unpaired) electrons. The third-order valence-corrected chi connectivity index (χ3v) is 4.17. The Morgan fingerprint density at radius 2 is 2.25 bits per heavy atom. The Morgan fingerprint density at radius 3 is 2.90 bits per heavy atom. The van der Waals surface area contributed by atoms with E-state index in [4.69, 9.17) is 0 Å². The lowest BCUT2D eigenvalue weighted by Gasteiger charge is -2.23. The van der Waals surface area contributed by atoms with Gasteiger partial charge < -0.3 is 10.2 Å². The first-order valence-electron chi connectivity index (χ1n) is 8.01. The van der Waals surface area contributed by atoms with E-state index < -0.39 is 0 Å². The summed E-state index contributed by atoms with van der Waals surface area (Å²) < 4.78 is 0. The predicted octanol–water partition coefficient (Wildman–Crippen LogP) is 3.37. The second kappa shape index (κ2) is 7.07. The second-order valence-electron chi connectivity index (χ2n) is 6.49. The van der Waals surface area contributed by atoms with Crippen LogP contribution in [0.2, 0.25) is 0 Å². The van der Waals surface area contributed by atoms with Crippen LogP contribution in [-0.2, 0) is 6.54 Å². The molecule has 0 saturated carbocycles. The molecular formula is C17H29N3. The number of nitrogens with zero attached hydrogens (tertiary/aromatic N) is 2. The van der Waals surface area contributed by atoms with Crippen molar-refractivity contribution in [3.8, 4) is 0 Å². The van der Waals surface area contributed by atoms with Crippen LogP contribution in [0, 0.1) is 18.8 Å². The van der Waals surface area contributed by atoms with Gasteiger partial charge in [-0.05, 0) is 37.8 Å². The van der Waals surface area contributed by atoms with Crippen molar-refractivity contribution in [1.82, 2.24) is 10.3 Å². The maximum Gasteiger partial charge on any atom is 0.0445 e. The minimum absolute atomic E-state index is 0.688. The van der Waals surface area contributed by atoms with Crippen molar-refractivity contribution in [1.29, 1.82) is 0 Å². The van der Waals surface area contributed by atoms with E-state index in [1.807, 2.05) is 0 Å². The van der Waals surface area contributed by atoms with Gasteiger partial charge in [-0.1, -0.05) is 27.2 Å². The van der Waals surface area contributed by atoms with E-state index in [2.05, 4.69) is 55.2 Å². The van der Waals surface area contributed by atoms with E-state index in [1.165, 1.54) is 37.2 Å². The summed E-state index contributed by atoms with van der Waals surface area (Å²) in [7, 11) is 0. The summed E-state index contributed by atoms with van der Waals surface area (Å²) in [6.07, 6.45) is 4.68. The maximum atomic E-state index is 4.48. The highest BCUT2D eigenvalue weighted by Crippen LogP contribution is 2.28. The molecule has 1 atom stereocenters. The van der Waals surface area contributed by atoms with Crippen LogP contribution >= 0.6 is 0 Å². The SMILES string of the molecule is CCC1CCN(c2cc(C)ncc2CNCC(C)C)C1. The van der Waals surface area contributed by atoms with Crippen molar-refractivity contribution < 1.29 is 0 Å². The number of anilines is 1. The topological polar surface area (TPSA) is 28.2 Å². The first-order chi connectivity index (χ1) is 9.60. The molecule has 20 heavy (non-hydrogen) atoms. The first-order valence-corrected chi connectivity index (χ1v) is 8.01. The van der Waals surface area contributed by atoms with Gasteiger partial charge in [0.05, 0.1) is 0 Å². The van der Waals surface area contributed by atoms with Gasteiger partial charge in [-0.3, -0.25) is 4.98 Å². The fourth-order valence-corrected chi connectivity index (χ4v) is 2.88. The van der Waals surface area contributed by atoms with Crippen molar-refractivity contribution in [3.63, 3.8) is 0 Å². The summed E-state index contributed by atoms with van der Waals surface area (Å²) in [6, 6.07) is 2.25. The molecule has 1 aliphatic rings. The molecule has 0 bridgehead atoms. The van der Waals surface area contributed by atoms with Gasteiger partial charge in [0.25, 0.3) is 0 Å². The summed E-state index contributed by atoms with van der Waals surface area (Å²) in [5, 5.41) is 3.54. The lowest BCUT2D eigenvalue weighted by atomic mass is 10.1. The molecule has 0 spiro atoms. The van der Waals surface area contributed by atoms with E-state index in [-0.39, 0.29) is 0 Å². The van der Waals surface area contributed by atoms with Gasteiger partial charge in [0.1, 0.15) is 0 Å². The molecule has 3 nitrogen and oxygen atoms in total. The normalized spacial score (nSPS) is 19.1. The van der Waals surface area contributed by atoms with E-state index in [0.717, 1.165) is 24.7 Å². The minimum atomic E-state index is 0.688. The first kappa shape index (κ1) is 15.3. The molecule has 1 aromatic heterocycles. The second-order valence-corrected chi connectivity index (χ2v) is 6.49. The Hall–Kier alpha value is -1.09. The summed E-state index contributed by atoms with van der Waals surface area (Å²) in [6.45, 7) is 13.3. The highest BCUT2D eigenvalue weighted by atomic mass is 15.2. The standard InChI is InChI=1S/C17H29N3/c1-5-15-6-7-20(12-15)17-8-14(4)19-11-16(17)10-18-9-13(2)3/h8,11,13,15,18H,5-7,9-10,12H2,1-4H3. The van der Waals surface area contributed by atoms with E-state index in [1.54, 1.807) is 0 Å². The molecule has 2 rings (SSSR count). The van der Waals surface area contributed by atoms with Crippen LogP contribution in [0.4, 0.5) is 5.69 Å². The van der Waals surface area contributed by atoms with Crippen molar-refractivity contribution in [2.45, 2.75) is 47.1 Å². The summed E-state index contributed by atoms with van der Waals surface area (Å²) in [5.74, 6) is 1.55. The number of nitrogens with one attached hydrogen (secondary N) is 1. The molecule has 0 aromatic carbocycles. The molecule has 0 aliphatic carbocycles. The lowest BCUT2D eigenvalue weighted by Crippen LogP contribution is -2.24. The Morgan fingerprint density at radius 1 is 1.45 bits per heavy atom. The zero-order valence-electron chi connectivity index (χ0n) is 13.4. The molecule has 1 saturated heterocycles. The maximum absolute atomic E-state index is 4.48. The number of pyridine rings is 1. The van der Waals surface area contributed by atoms with E-state index in [0.29, 0.717) is 5.92 Å². The van der Waals surface area contributed by atoms with Gasteiger partial charge in [-0.15, -0.1) is 0 Å². The number of hydrogen-bond donors (Lipinski definition) is 1. The molecule has 1 aromatic rings. The average Bonchev–Trinajstić information content (AvgIpc) is 2.88. The van der Waals surface area contributed by atoms with Gasteiger partial charge in [0.15, 0.2) is 0 Å². The third-order valence-electron chi connectivity index (χ3n) is 4.17. The number of aryl methyl sites for hydroxylation is 1. The van der Waals surface area contributed by atoms with Crippen LogP contribution in [0.5, 0.6) is 0 Å². The van der Waals surface area contributed by atoms with Crippen LogP contribution in [0.1, 0.15) is 44.9 Å². The van der Waals surface area contributed by atoms with Crippen molar-refractivity contribution in [3.05, 3.63) is 23.5 Å². The lowest BCUT2D eigenvalue weighted by molar-refractivity contribution is 0.551. The molecule has 1 fully saturated rings. The minimum Gasteiger partial charge on any atom is -0.371 e. The number of rotatable bonds is 6. The van der Waals surface area contributed by atoms with Crippen molar-refractivity contribution in [2.24, 2.45) is 11.8 Å². The van der Waals surface area contributed by atoms with E-state index >= 15 is 0 Å². The molecule has 1 aliphatic heterocycles. The largest absolute Gasteiger partial charge is 0.371 e. The fraction of sp³-hybridized carbons (Fsp3) is 0.706. The van der Waals surface area contributed by atoms with Crippen molar-refractivity contribution >= 4 is 5.69 Å².